The molecule has 0 fully saturated rings. The molecule has 1 rings (SSSR count). The summed E-state index contributed by atoms with van der Waals surface area (Å²) in [6.07, 6.45) is 2.93. The molecule has 11 heavy (non-hydrogen) atoms. The normalized spacial score (nSPS) is 25.0. The predicted molar refractivity (Wildman–Crippen MR) is 41.3 cm³/mol. The van der Waals surface area contributed by atoms with E-state index < -0.39 is 11.7 Å². The van der Waals surface area contributed by atoms with E-state index in [2.05, 4.69) is 6.58 Å². The van der Waals surface area contributed by atoms with Gasteiger partial charge in [-0.25, -0.2) is 8.78 Å². The Labute approximate surface area is 64.9 Å². The van der Waals surface area contributed by atoms with Crippen molar-refractivity contribution in [2.75, 3.05) is 0 Å². The van der Waals surface area contributed by atoms with Crippen molar-refractivity contribution in [3.63, 3.8) is 0 Å². The first-order chi connectivity index (χ1) is 5.15. The summed E-state index contributed by atoms with van der Waals surface area (Å²) >= 11 is 0. The Bertz CT molecular complexity index is 236. The zero-order valence-corrected chi connectivity index (χ0v) is 6.40. The number of hydrogen-bond acceptors (Lipinski definition) is 0. The molecule has 1 atom stereocenters. The summed E-state index contributed by atoms with van der Waals surface area (Å²) in [7, 11) is 0. The van der Waals surface area contributed by atoms with E-state index in [1.165, 1.54) is 6.08 Å². The van der Waals surface area contributed by atoms with Crippen LogP contribution >= 0.6 is 0 Å². The molecule has 0 radical (unpaired) electrons. The molecule has 0 saturated carbocycles. The minimum absolute atomic E-state index is 0.0481. The van der Waals surface area contributed by atoms with Crippen molar-refractivity contribution in [2.45, 2.75) is 13.3 Å². The van der Waals surface area contributed by atoms with E-state index in [0.29, 0.717) is 0 Å². The Morgan fingerprint density at radius 3 is 2.82 bits per heavy atom. The van der Waals surface area contributed by atoms with Gasteiger partial charge in [0.05, 0.1) is 0 Å². The van der Waals surface area contributed by atoms with Gasteiger partial charge < -0.3 is 0 Å². The highest BCUT2D eigenvalue weighted by Crippen LogP contribution is 2.30. The van der Waals surface area contributed by atoms with Crippen molar-refractivity contribution in [3.8, 4) is 0 Å². The predicted octanol–water partition coefficient (Wildman–Crippen LogP) is 3.29. The number of allylic oxidation sites excluding steroid dienone is 5. The Balaban J connectivity index is 2.95. The van der Waals surface area contributed by atoms with Crippen LogP contribution in [-0.2, 0) is 0 Å². The molecule has 1 aliphatic rings. The van der Waals surface area contributed by atoms with Crippen molar-refractivity contribution in [2.24, 2.45) is 5.92 Å². The molecule has 0 heterocycles. The molecule has 1 aliphatic carbocycles. The van der Waals surface area contributed by atoms with Gasteiger partial charge in [-0.05, 0) is 17.6 Å². The SMILES string of the molecule is C=CC1=CC(F)=C(F)CC1C. The third kappa shape index (κ3) is 1.56. The molecule has 2 heteroatoms. The van der Waals surface area contributed by atoms with Gasteiger partial charge in [-0.15, -0.1) is 0 Å². The molecule has 0 bridgehead atoms. The number of rotatable bonds is 1. The largest absolute Gasteiger partial charge is 0.209 e. The molecule has 0 aromatic heterocycles. The lowest BCUT2D eigenvalue weighted by atomic mass is 9.92. The van der Waals surface area contributed by atoms with Gasteiger partial charge >= 0.3 is 0 Å². The summed E-state index contributed by atoms with van der Waals surface area (Å²) in [5.74, 6) is -1.35. The van der Waals surface area contributed by atoms with Crippen LogP contribution in [-0.4, -0.2) is 0 Å². The second kappa shape index (κ2) is 2.99. The molecular weight excluding hydrogens is 146 g/mol. The molecule has 0 aromatic rings. The van der Waals surface area contributed by atoms with Crippen molar-refractivity contribution >= 4 is 0 Å². The first-order valence-electron chi connectivity index (χ1n) is 3.53. The smallest absolute Gasteiger partial charge is 0.154 e. The Morgan fingerprint density at radius 1 is 1.64 bits per heavy atom. The molecule has 0 N–H and O–H groups in total. The molecule has 60 valence electrons. The lowest BCUT2D eigenvalue weighted by Crippen LogP contribution is -2.03. The lowest BCUT2D eigenvalue weighted by Gasteiger charge is -2.15. The fraction of sp³-hybridized carbons (Fsp3) is 0.333. The van der Waals surface area contributed by atoms with Gasteiger partial charge in [0.2, 0.25) is 0 Å². The van der Waals surface area contributed by atoms with Crippen molar-refractivity contribution < 1.29 is 8.78 Å². The molecule has 0 spiro atoms. The van der Waals surface area contributed by atoms with Crippen LogP contribution in [0.15, 0.2) is 36.0 Å². The van der Waals surface area contributed by atoms with Crippen LogP contribution in [0, 0.1) is 5.92 Å². The van der Waals surface area contributed by atoms with E-state index in [0.717, 1.165) is 5.57 Å². The van der Waals surface area contributed by atoms with Crippen molar-refractivity contribution in [1.29, 1.82) is 0 Å². The summed E-state index contributed by atoms with van der Waals surface area (Å²) in [4.78, 5) is 0. The molecular formula is C9H10F2. The van der Waals surface area contributed by atoms with E-state index in [1.807, 2.05) is 6.92 Å². The summed E-state index contributed by atoms with van der Waals surface area (Å²) < 4.78 is 25.1. The van der Waals surface area contributed by atoms with E-state index in [9.17, 15) is 8.78 Å². The molecule has 0 nitrogen and oxygen atoms in total. The minimum atomic E-state index is -0.752. The van der Waals surface area contributed by atoms with Gasteiger partial charge in [-0.3, -0.25) is 0 Å². The Kier molecular flexibility index (Phi) is 2.22. The lowest BCUT2D eigenvalue weighted by molar-refractivity contribution is 0.473. The molecule has 0 aromatic carbocycles. The summed E-state index contributed by atoms with van der Waals surface area (Å²) in [5.41, 5.74) is 0.768. The van der Waals surface area contributed by atoms with Crippen LogP contribution in [0.25, 0.3) is 0 Å². The number of hydrogen-bond donors (Lipinski definition) is 0. The second-order valence-corrected chi connectivity index (χ2v) is 2.71. The maximum atomic E-state index is 12.6. The molecule has 1 unspecified atom stereocenters. The standard InChI is InChI=1S/C9H10F2/c1-3-7-5-9(11)8(10)4-6(7)2/h3,5-6H,1,4H2,2H3. The molecule has 0 amide bonds. The summed E-state index contributed by atoms with van der Waals surface area (Å²) in [6.45, 7) is 5.36. The van der Waals surface area contributed by atoms with E-state index in [-0.39, 0.29) is 12.3 Å². The van der Waals surface area contributed by atoms with Gasteiger partial charge in [0.15, 0.2) is 5.83 Å². The summed E-state index contributed by atoms with van der Waals surface area (Å²) in [5, 5.41) is 0. The third-order valence-electron chi connectivity index (χ3n) is 1.84. The average Bonchev–Trinajstić information content (AvgIpc) is 1.97. The molecule has 0 saturated heterocycles. The van der Waals surface area contributed by atoms with Crippen LogP contribution in [0.2, 0.25) is 0 Å². The highest BCUT2D eigenvalue weighted by molar-refractivity contribution is 5.33. The highest BCUT2D eigenvalue weighted by Gasteiger charge is 2.17. The quantitative estimate of drug-likeness (QED) is 0.546. The highest BCUT2D eigenvalue weighted by atomic mass is 19.2. The first kappa shape index (κ1) is 8.18. The monoisotopic (exact) mass is 156 g/mol. The maximum absolute atomic E-state index is 12.6. The topological polar surface area (TPSA) is 0 Å². The van der Waals surface area contributed by atoms with Crippen LogP contribution in [0.5, 0.6) is 0 Å². The Hall–Kier alpha value is -0.920. The van der Waals surface area contributed by atoms with E-state index in [1.54, 1.807) is 6.08 Å². The Morgan fingerprint density at radius 2 is 2.27 bits per heavy atom. The van der Waals surface area contributed by atoms with Gasteiger partial charge in [-0.2, -0.15) is 0 Å². The van der Waals surface area contributed by atoms with E-state index >= 15 is 0 Å². The molecule has 0 aliphatic heterocycles. The van der Waals surface area contributed by atoms with Crippen molar-refractivity contribution in [3.05, 3.63) is 36.0 Å². The van der Waals surface area contributed by atoms with Crippen LogP contribution in [0.3, 0.4) is 0 Å². The number of halogens is 2. The van der Waals surface area contributed by atoms with Crippen molar-refractivity contribution in [1.82, 2.24) is 0 Å². The average molecular weight is 156 g/mol. The van der Waals surface area contributed by atoms with Gasteiger partial charge in [0.1, 0.15) is 5.83 Å². The van der Waals surface area contributed by atoms with Crippen LogP contribution in [0.1, 0.15) is 13.3 Å². The zero-order chi connectivity index (χ0) is 8.43. The van der Waals surface area contributed by atoms with Crippen LogP contribution in [0.4, 0.5) is 8.78 Å². The van der Waals surface area contributed by atoms with Crippen LogP contribution < -0.4 is 0 Å². The first-order valence-corrected chi connectivity index (χ1v) is 3.53. The summed E-state index contributed by atoms with van der Waals surface area (Å²) in [6, 6.07) is 0. The second-order valence-electron chi connectivity index (χ2n) is 2.71. The zero-order valence-electron chi connectivity index (χ0n) is 6.40. The minimum Gasteiger partial charge on any atom is -0.209 e. The van der Waals surface area contributed by atoms with Gasteiger partial charge in [-0.1, -0.05) is 19.6 Å². The maximum Gasteiger partial charge on any atom is 0.154 e. The fourth-order valence-corrected chi connectivity index (χ4v) is 1.11. The van der Waals surface area contributed by atoms with Gasteiger partial charge in [0.25, 0.3) is 0 Å². The third-order valence-corrected chi connectivity index (χ3v) is 1.84. The van der Waals surface area contributed by atoms with E-state index in [4.69, 9.17) is 0 Å². The van der Waals surface area contributed by atoms with Gasteiger partial charge in [0, 0.05) is 6.42 Å². The fourth-order valence-electron chi connectivity index (χ4n) is 1.11.